The third kappa shape index (κ3) is 3.75. The number of benzene rings is 2. The molecule has 4 nitrogen and oxygen atoms in total. The van der Waals surface area contributed by atoms with Crippen molar-refractivity contribution in [3.8, 4) is 0 Å². The molecule has 3 rings (SSSR count). The number of carboxylic acids is 1. The van der Waals surface area contributed by atoms with E-state index < -0.39 is 5.97 Å². The van der Waals surface area contributed by atoms with Crippen molar-refractivity contribution in [2.24, 2.45) is 0 Å². The molecule has 0 aromatic heterocycles. The zero-order valence-electron chi connectivity index (χ0n) is 12.6. The van der Waals surface area contributed by atoms with E-state index >= 15 is 0 Å². The molecule has 1 atom stereocenters. The number of rotatable bonds is 4. The molecule has 2 aromatic rings. The van der Waals surface area contributed by atoms with Crippen LogP contribution >= 0.6 is 0 Å². The third-order valence-electron chi connectivity index (χ3n) is 3.98. The lowest BCUT2D eigenvalue weighted by Crippen LogP contribution is -2.38. The Kier molecular flexibility index (Phi) is 4.69. The Bertz CT molecular complexity index is 704. The summed E-state index contributed by atoms with van der Waals surface area (Å²) >= 11 is 0. The lowest BCUT2D eigenvalue weighted by atomic mass is 10.1. The molecule has 0 saturated carbocycles. The predicted octanol–water partition coefficient (Wildman–Crippen LogP) is 3.10. The fraction of sp³-hybridized carbons (Fsp3) is 0.278. The van der Waals surface area contributed by atoms with Crippen LogP contribution in [0.15, 0.2) is 48.5 Å². The molecule has 0 aliphatic carbocycles. The predicted molar refractivity (Wildman–Crippen MR) is 83.8 cm³/mol. The zero-order chi connectivity index (χ0) is 16.2. The highest BCUT2D eigenvalue weighted by Crippen LogP contribution is 2.25. The van der Waals surface area contributed by atoms with E-state index in [1.165, 1.54) is 6.07 Å². The topological polar surface area (TPSA) is 49.8 Å². The summed E-state index contributed by atoms with van der Waals surface area (Å²) in [4.78, 5) is 13.2. The summed E-state index contributed by atoms with van der Waals surface area (Å²) in [5, 5.41) is 9.06. The van der Waals surface area contributed by atoms with E-state index in [1.54, 1.807) is 36.4 Å². The summed E-state index contributed by atoms with van der Waals surface area (Å²) in [7, 11) is 0. The van der Waals surface area contributed by atoms with Gasteiger partial charge in [-0.25, -0.2) is 9.18 Å². The molecule has 120 valence electrons. The van der Waals surface area contributed by atoms with Crippen LogP contribution in [-0.2, 0) is 11.3 Å². The van der Waals surface area contributed by atoms with Crippen LogP contribution in [0.1, 0.15) is 27.6 Å². The summed E-state index contributed by atoms with van der Waals surface area (Å²) in [5.41, 5.74) is 1.77. The van der Waals surface area contributed by atoms with E-state index in [0.29, 0.717) is 25.3 Å². The van der Waals surface area contributed by atoms with E-state index in [-0.39, 0.29) is 17.5 Å². The monoisotopic (exact) mass is 315 g/mol. The smallest absolute Gasteiger partial charge is 0.335 e. The van der Waals surface area contributed by atoms with Crippen molar-refractivity contribution in [1.29, 1.82) is 0 Å². The van der Waals surface area contributed by atoms with Crippen molar-refractivity contribution in [1.82, 2.24) is 4.90 Å². The first-order valence-electron chi connectivity index (χ1n) is 7.54. The van der Waals surface area contributed by atoms with Crippen LogP contribution in [0.4, 0.5) is 4.39 Å². The standard InChI is InChI=1S/C18H18FNO3/c19-16-7-2-1-6-15(16)17-12-20(8-9-23-17)11-13-4-3-5-14(10-13)18(21)22/h1-7,10,17H,8-9,11-12H2,(H,21,22). The second-order valence-corrected chi connectivity index (χ2v) is 5.62. The number of nitrogens with zero attached hydrogens (tertiary/aromatic N) is 1. The van der Waals surface area contributed by atoms with Gasteiger partial charge in [-0.05, 0) is 23.8 Å². The van der Waals surface area contributed by atoms with Gasteiger partial charge in [0.1, 0.15) is 5.82 Å². The molecule has 5 heteroatoms. The Morgan fingerprint density at radius 3 is 2.87 bits per heavy atom. The Hall–Kier alpha value is -2.24. The number of ether oxygens (including phenoxy) is 1. The molecule has 1 aliphatic rings. The fourth-order valence-corrected chi connectivity index (χ4v) is 2.83. The van der Waals surface area contributed by atoms with E-state index in [1.807, 2.05) is 6.07 Å². The molecule has 1 aliphatic heterocycles. The van der Waals surface area contributed by atoms with Gasteiger partial charge in [-0.3, -0.25) is 4.90 Å². The number of carbonyl (C=O) groups is 1. The summed E-state index contributed by atoms with van der Waals surface area (Å²) < 4.78 is 19.6. The van der Waals surface area contributed by atoms with Crippen molar-refractivity contribution in [3.05, 3.63) is 71.0 Å². The largest absolute Gasteiger partial charge is 0.478 e. The van der Waals surface area contributed by atoms with Crippen molar-refractivity contribution in [3.63, 3.8) is 0 Å². The lowest BCUT2D eigenvalue weighted by molar-refractivity contribution is -0.0344. The average Bonchev–Trinajstić information content (AvgIpc) is 2.56. The SMILES string of the molecule is O=C(O)c1cccc(CN2CCOC(c3ccccc3F)C2)c1. The van der Waals surface area contributed by atoms with Crippen LogP contribution in [0.5, 0.6) is 0 Å². The maximum absolute atomic E-state index is 13.9. The number of carboxylic acid groups (broad SMARTS) is 1. The molecule has 1 N–H and O–H groups in total. The molecule has 1 fully saturated rings. The van der Waals surface area contributed by atoms with Gasteiger partial charge in [0.05, 0.1) is 18.3 Å². The summed E-state index contributed by atoms with van der Waals surface area (Å²) in [6.07, 6.45) is -0.299. The van der Waals surface area contributed by atoms with Gasteiger partial charge in [-0.2, -0.15) is 0 Å². The van der Waals surface area contributed by atoms with Gasteiger partial charge in [0.25, 0.3) is 0 Å². The molecular weight excluding hydrogens is 297 g/mol. The maximum atomic E-state index is 13.9. The van der Waals surface area contributed by atoms with Crippen LogP contribution in [0.3, 0.4) is 0 Å². The Morgan fingerprint density at radius 2 is 2.09 bits per heavy atom. The number of morpholine rings is 1. The van der Waals surface area contributed by atoms with Gasteiger partial charge < -0.3 is 9.84 Å². The molecule has 1 unspecified atom stereocenters. The highest BCUT2D eigenvalue weighted by atomic mass is 19.1. The average molecular weight is 315 g/mol. The number of halogens is 1. The van der Waals surface area contributed by atoms with Gasteiger partial charge >= 0.3 is 5.97 Å². The maximum Gasteiger partial charge on any atom is 0.335 e. The molecule has 0 spiro atoms. The van der Waals surface area contributed by atoms with Crippen molar-refractivity contribution >= 4 is 5.97 Å². The molecule has 1 heterocycles. The fourth-order valence-electron chi connectivity index (χ4n) is 2.83. The van der Waals surface area contributed by atoms with Crippen LogP contribution in [0.25, 0.3) is 0 Å². The van der Waals surface area contributed by atoms with E-state index in [4.69, 9.17) is 9.84 Å². The van der Waals surface area contributed by atoms with Crippen molar-refractivity contribution < 1.29 is 19.0 Å². The number of hydrogen-bond acceptors (Lipinski definition) is 3. The van der Waals surface area contributed by atoms with Crippen LogP contribution < -0.4 is 0 Å². The molecule has 0 bridgehead atoms. The Balaban J connectivity index is 1.71. The lowest BCUT2D eigenvalue weighted by Gasteiger charge is -2.33. The van der Waals surface area contributed by atoms with E-state index in [2.05, 4.69) is 4.90 Å². The minimum atomic E-state index is -0.932. The molecule has 0 amide bonds. The second-order valence-electron chi connectivity index (χ2n) is 5.62. The van der Waals surface area contributed by atoms with Gasteiger partial charge in [0, 0.05) is 25.2 Å². The first-order chi connectivity index (χ1) is 11.1. The Labute approximate surface area is 134 Å². The molecule has 1 saturated heterocycles. The minimum absolute atomic E-state index is 0.257. The summed E-state index contributed by atoms with van der Waals surface area (Å²) in [6, 6.07) is 13.5. The number of hydrogen-bond donors (Lipinski definition) is 1. The van der Waals surface area contributed by atoms with Gasteiger partial charge in [-0.15, -0.1) is 0 Å². The van der Waals surface area contributed by atoms with E-state index in [0.717, 1.165) is 12.1 Å². The van der Waals surface area contributed by atoms with Gasteiger partial charge in [0.2, 0.25) is 0 Å². The zero-order valence-corrected chi connectivity index (χ0v) is 12.6. The normalized spacial score (nSPS) is 18.7. The quantitative estimate of drug-likeness (QED) is 0.942. The van der Waals surface area contributed by atoms with Crippen LogP contribution in [0.2, 0.25) is 0 Å². The molecule has 23 heavy (non-hydrogen) atoms. The second kappa shape index (κ2) is 6.89. The first-order valence-corrected chi connectivity index (χ1v) is 7.54. The van der Waals surface area contributed by atoms with Gasteiger partial charge in [-0.1, -0.05) is 30.3 Å². The van der Waals surface area contributed by atoms with Crippen molar-refractivity contribution in [2.45, 2.75) is 12.6 Å². The molecular formula is C18H18FNO3. The highest BCUT2D eigenvalue weighted by Gasteiger charge is 2.24. The summed E-state index contributed by atoms with van der Waals surface area (Å²) in [5.74, 6) is -1.19. The van der Waals surface area contributed by atoms with Crippen molar-refractivity contribution in [2.75, 3.05) is 19.7 Å². The highest BCUT2D eigenvalue weighted by molar-refractivity contribution is 5.87. The summed E-state index contributed by atoms with van der Waals surface area (Å²) in [6.45, 7) is 2.47. The molecule has 0 radical (unpaired) electrons. The third-order valence-corrected chi connectivity index (χ3v) is 3.98. The Morgan fingerprint density at radius 1 is 1.26 bits per heavy atom. The van der Waals surface area contributed by atoms with Crippen LogP contribution in [0, 0.1) is 5.82 Å². The van der Waals surface area contributed by atoms with Gasteiger partial charge in [0.15, 0.2) is 0 Å². The molecule has 2 aromatic carbocycles. The minimum Gasteiger partial charge on any atom is -0.478 e. The number of aromatic carboxylic acids is 1. The van der Waals surface area contributed by atoms with E-state index in [9.17, 15) is 9.18 Å². The first kappa shape index (κ1) is 15.6. The van der Waals surface area contributed by atoms with Crippen LogP contribution in [-0.4, -0.2) is 35.7 Å².